The predicted octanol–water partition coefficient (Wildman–Crippen LogP) is 7.87. The Labute approximate surface area is 211 Å². The van der Waals surface area contributed by atoms with Gasteiger partial charge in [-0.1, -0.05) is 74.5 Å². The van der Waals surface area contributed by atoms with Gasteiger partial charge in [0.25, 0.3) is 0 Å². The topological polar surface area (TPSA) is 44.8 Å². The average Bonchev–Trinajstić information content (AvgIpc) is 2.69. The second kappa shape index (κ2) is 15.8. The predicted molar refractivity (Wildman–Crippen MR) is 145 cm³/mol. The lowest BCUT2D eigenvalue weighted by Gasteiger charge is -2.34. The summed E-state index contributed by atoms with van der Waals surface area (Å²) in [6.45, 7) is 29.8. The molecule has 0 aromatic heterocycles. The first-order valence-electron chi connectivity index (χ1n) is 13.2. The van der Waals surface area contributed by atoms with Gasteiger partial charge in [0.15, 0.2) is 0 Å². The summed E-state index contributed by atoms with van der Waals surface area (Å²) in [6.07, 6.45) is 8.31. The van der Waals surface area contributed by atoms with Crippen LogP contribution in [0, 0.1) is 34.0 Å². The Kier molecular flexibility index (Phi) is 15.3. The van der Waals surface area contributed by atoms with Crippen LogP contribution in [0.2, 0.25) is 0 Å². The van der Waals surface area contributed by atoms with Gasteiger partial charge in [0.1, 0.15) is 6.61 Å². The summed E-state index contributed by atoms with van der Waals surface area (Å²) < 4.78 is 17.6. The SMILES string of the molecule is C=CCOCC(CC)(COCC=C)COC(=O)C(CCC(C)CC(C)(C)C)C(C)CC(C)(C)C. The molecule has 0 heterocycles. The van der Waals surface area contributed by atoms with E-state index in [2.05, 4.69) is 75.5 Å². The molecule has 0 aromatic rings. The maximum absolute atomic E-state index is 13.5. The van der Waals surface area contributed by atoms with Gasteiger partial charge in [-0.05, 0) is 54.8 Å². The third-order valence-electron chi connectivity index (χ3n) is 6.41. The van der Waals surface area contributed by atoms with Crippen LogP contribution in [-0.4, -0.2) is 39.0 Å². The molecule has 0 saturated carbocycles. The number of carbonyl (C=O) groups is 1. The molecule has 0 rings (SSSR count). The normalized spacial score (nSPS) is 15.4. The molecule has 0 aliphatic heterocycles. The van der Waals surface area contributed by atoms with Gasteiger partial charge in [-0.2, -0.15) is 0 Å². The van der Waals surface area contributed by atoms with Gasteiger partial charge < -0.3 is 14.2 Å². The van der Waals surface area contributed by atoms with E-state index in [1.165, 1.54) is 0 Å². The van der Waals surface area contributed by atoms with Crippen molar-refractivity contribution < 1.29 is 19.0 Å². The van der Waals surface area contributed by atoms with Crippen molar-refractivity contribution in [3.8, 4) is 0 Å². The van der Waals surface area contributed by atoms with Crippen LogP contribution < -0.4 is 0 Å². The third kappa shape index (κ3) is 15.0. The summed E-state index contributed by atoms with van der Waals surface area (Å²) in [6, 6.07) is 0. The first-order valence-corrected chi connectivity index (χ1v) is 13.2. The molecular weight excluding hydrogens is 424 g/mol. The van der Waals surface area contributed by atoms with Crippen LogP contribution >= 0.6 is 0 Å². The quantitative estimate of drug-likeness (QED) is 0.114. The third-order valence-corrected chi connectivity index (χ3v) is 6.41. The summed E-state index contributed by atoms with van der Waals surface area (Å²) in [4.78, 5) is 13.5. The molecule has 0 radical (unpaired) electrons. The lowest BCUT2D eigenvalue weighted by atomic mass is 9.76. The molecule has 0 fully saturated rings. The van der Waals surface area contributed by atoms with Crippen LogP contribution in [0.1, 0.15) is 94.4 Å². The second-order valence-corrected chi connectivity index (χ2v) is 12.9. The number of rotatable bonds is 18. The lowest BCUT2D eigenvalue weighted by Crippen LogP contribution is -2.39. The van der Waals surface area contributed by atoms with Crippen molar-refractivity contribution >= 4 is 5.97 Å². The van der Waals surface area contributed by atoms with Gasteiger partial charge in [-0.25, -0.2) is 0 Å². The fourth-order valence-electron chi connectivity index (χ4n) is 4.83. The minimum Gasteiger partial charge on any atom is -0.465 e. The standard InChI is InChI=1S/C30H56O4/c1-12-17-32-21-30(14-3,22-33-18-13-2)23-34-27(31)26(25(5)20-29(9,10)11)16-15-24(4)19-28(6,7)8/h12-13,24-26H,1-2,14-23H2,3-11H3. The first kappa shape index (κ1) is 32.9. The number of ether oxygens (including phenoxy) is 3. The Morgan fingerprint density at radius 2 is 1.32 bits per heavy atom. The Hall–Kier alpha value is -1.13. The fourth-order valence-corrected chi connectivity index (χ4v) is 4.83. The summed E-state index contributed by atoms with van der Waals surface area (Å²) in [5, 5.41) is 0. The van der Waals surface area contributed by atoms with E-state index in [9.17, 15) is 4.79 Å². The molecule has 0 spiro atoms. The minimum atomic E-state index is -0.376. The molecule has 4 heteroatoms. The summed E-state index contributed by atoms with van der Waals surface area (Å²) >= 11 is 0. The lowest BCUT2D eigenvalue weighted by molar-refractivity contribution is -0.158. The molecule has 0 saturated heterocycles. The van der Waals surface area contributed by atoms with Crippen LogP contribution in [0.4, 0.5) is 0 Å². The highest BCUT2D eigenvalue weighted by Crippen LogP contribution is 2.35. The van der Waals surface area contributed by atoms with Crippen LogP contribution in [0.5, 0.6) is 0 Å². The zero-order valence-electron chi connectivity index (χ0n) is 24.0. The summed E-state index contributed by atoms with van der Waals surface area (Å²) in [7, 11) is 0. The van der Waals surface area contributed by atoms with E-state index < -0.39 is 0 Å². The van der Waals surface area contributed by atoms with Crippen molar-refractivity contribution in [3.05, 3.63) is 25.3 Å². The highest BCUT2D eigenvalue weighted by Gasteiger charge is 2.35. The Morgan fingerprint density at radius 3 is 1.74 bits per heavy atom. The fraction of sp³-hybridized carbons (Fsp3) is 0.833. The molecule has 4 nitrogen and oxygen atoms in total. The van der Waals surface area contributed by atoms with E-state index in [4.69, 9.17) is 14.2 Å². The molecule has 200 valence electrons. The van der Waals surface area contributed by atoms with Gasteiger partial charge in [-0.3, -0.25) is 4.79 Å². The molecule has 0 aliphatic carbocycles. The molecule has 0 amide bonds. The highest BCUT2D eigenvalue weighted by atomic mass is 16.5. The van der Waals surface area contributed by atoms with E-state index in [0.29, 0.717) is 44.4 Å². The van der Waals surface area contributed by atoms with Crippen molar-refractivity contribution in [2.45, 2.75) is 94.4 Å². The van der Waals surface area contributed by atoms with E-state index in [-0.39, 0.29) is 28.6 Å². The second-order valence-electron chi connectivity index (χ2n) is 12.9. The molecule has 3 unspecified atom stereocenters. The van der Waals surface area contributed by atoms with Gasteiger partial charge >= 0.3 is 5.97 Å². The maximum atomic E-state index is 13.5. The monoisotopic (exact) mass is 480 g/mol. The smallest absolute Gasteiger partial charge is 0.309 e. The zero-order chi connectivity index (χ0) is 26.4. The zero-order valence-corrected chi connectivity index (χ0v) is 24.0. The molecule has 0 aliphatic rings. The number of hydrogen-bond acceptors (Lipinski definition) is 4. The van der Waals surface area contributed by atoms with Crippen molar-refractivity contribution in [2.24, 2.45) is 34.0 Å². The van der Waals surface area contributed by atoms with Crippen molar-refractivity contribution in [3.63, 3.8) is 0 Å². The number of carbonyl (C=O) groups excluding carboxylic acids is 1. The van der Waals surface area contributed by atoms with Crippen molar-refractivity contribution in [2.75, 3.05) is 33.0 Å². The molecule has 3 atom stereocenters. The summed E-state index contributed by atoms with van der Waals surface area (Å²) in [5.74, 6) is 0.662. The Morgan fingerprint density at radius 1 is 0.824 bits per heavy atom. The Bertz CT molecular complexity index is 568. The molecular formula is C30H56O4. The highest BCUT2D eigenvalue weighted by molar-refractivity contribution is 5.72. The van der Waals surface area contributed by atoms with Gasteiger partial charge in [0.2, 0.25) is 0 Å². The van der Waals surface area contributed by atoms with E-state index in [1.54, 1.807) is 12.2 Å². The molecule has 34 heavy (non-hydrogen) atoms. The Balaban J connectivity index is 5.42. The first-order chi connectivity index (χ1) is 15.7. The minimum absolute atomic E-state index is 0.0787. The summed E-state index contributed by atoms with van der Waals surface area (Å²) in [5.41, 5.74) is 0.0856. The van der Waals surface area contributed by atoms with Gasteiger partial charge in [0, 0.05) is 0 Å². The van der Waals surface area contributed by atoms with E-state index in [0.717, 1.165) is 32.1 Å². The van der Waals surface area contributed by atoms with Gasteiger partial charge in [0.05, 0.1) is 37.8 Å². The van der Waals surface area contributed by atoms with Crippen LogP contribution in [0.15, 0.2) is 25.3 Å². The van der Waals surface area contributed by atoms with Crippen molar-refractivity contribution in [1.82, 2.24) is 0 Å². The number of hydrogen-bond donors (Lipinski definition) is 0. The molecule has 0 N–H and O–H groups in total. The largest absolute Gasteiger partial charge is 0.465 e. The van der Waals surface area contributed by atoms with Crippen molar-refractivity contribution in [1.29, 1.82) is 0 Å². The number of esters is 1. The maximum Gasteiger partial charge on any atom is 0.309 e. The molecule has 0 aromatic carbocycles. The molecule has 0 bridgehead atoms. The van der Waals surface area contributed by atoms with Crippen LogP contribution in [-0.2, 0) is 19.0 Å². The van der Waals surface area contributed by atoms with E-state index >= 15 is 0 Å². The average molecular weight is 481 g/mol. The van der Waals surface area contributed by atoms with Crippen LogP contribution in [0.25, 0.3) is 0 Å². The van der Waals surface area contributed by atoms with Crippen LogP contribution in [0.3, 0.4) is 0 Å². The van der Waals surface area contributed by atoms with Gasteiger partial charge in [-0.15, -0.1) is 13.2 Å². The van der Waals surface area contributed by atoms with E-state index in [1.807, 2.05) is 0 Å².